The number of hydrogen-bond acceptors (Lipinski definition) is 4. The van der Waals surface area contributed by atoms with Gasteiger partial charge in [0.25, 0.3) is 0 Å². The van der Waals surface area contributed by atoms with Crippen molar-refractivity contribution in [3.63, 3.8) is 0 Å². The summed E-state index contributed by atoms with van der Waals surface area (Å²) >= 11 is 5.34. The van der Waals surface area contributed by atoms with Crippen LogP contribution in [0.15, 0.2) is 0 Å². The molecule has 1 fully saturated rings. The number of carbonyl (C=O) groups excluding carboxylic acids is 1. The number of halogens is 1. The Bertz CT molecular complexity index is 287. The first kappa shape index (κ1) is 9.79. The lowest BCUT2D eigenvalue weighted by molar-refractivity contribution is -0.205. The van der Waals surface area contributed by atoms with E-state index in [0.29, 0.717) is 0 Å². The molecule has 0 spiro atoms. The molecule has 72 valence electrons. The Morgan fingerprint density at radius 1 is 1.54 bits per heavy atom. The quantitative estimate of drug-likeness (QED) is 0.477. The number of hydrogen-bond donors (Lipinski definition) is 2. The normalized spacial score (nSPS) is 31.8. The Hall–Kier alpha value is -1.30. The first-order chi connectivity index (χ1) is 5.90. The number of ether oxygens (including phenoxy) is 1. The molecule has 6 nitrogen and oxygen atoms in total. The minimum atomic E-state index is -2.09. The molecule has 1 aliphatic heterocycles. The molecule has 2 unspecified atom stereocenters. The molecule has 0 radical (unpaired) electrons. The zero-order valence-electron chi connectivity index (χ0n) is 6.19. The summed E-state index contributed by atoms with van der Waals surface area (Å²) < 4.78 is 4.26. The van der Waals surface area contributed by atoms with Crippen LogP contribution < -0.4 is 0 Å². The lowest BCUT2D eigenvalue weighted by atomic mass is 9.90. The highest BCUT2D eigenvalue weighted by atomic mass is 35.5. The van der Waals surface area contributed by atoms with Gasteiger partial charge < -0.3 is 14.9 Å². The van der Waals surface area contributed by atoms with Gasteiger partial charge in [-0.2, -0.15) is 0 Å². The average Bonchev–Trinajstić information content (AvgIpc) is 2.01. The van der Waals surface area contributed by atoms with E-state index in [4.69, 9.17) is 21.8 Å². The van der Waals surface area contributed by atoms with Crippen molar-refractivity contribution in [1.82, 2.24) is 0 Å². The van der Waals surface area contributed by atoms with Gasteiger partial charge in [0, 0.05) is 0 Å². The summed E-state index contributed by atoms with van der Waals surface area (Å²) in [7, 11) is 0. The predicted molar refractivity (Wildman–Crippen MR) is 38.4 cm³/mol. The summed E-state index contributed by atoms with van der Waals surface area (Å²) in [4.78, 5) is 31.3. The maximum absolute atomic E-state index is 10.6. The molecule has 7 heteroatoms. The zero-order valence-corrected chi connectivity index (χ0v) is 6.95. The molecule has 0 aromatic carbocycles. The van der Waals surface area contributed by atoms with Crippen LogP contribution in [0.3, 0.4) is 0 Å². The highest BCUT2D eigenvalue weighted by Gasteiger charge is 2.63. The van der Waals surface area contributed by atoms with E-state index in [0.717, 1.165) is 0 Å². The van der Waals surface area contributed by atoms with E-state index in [2.05, 4.69) is 4.74 Å². The second-order valence-electron chi connectivity index (χ2n) is 2.55. The third kappa shape index (κ3) is 1.33. The summed E-state index contributed by atoms with van der Waals surface area (Å²) in [5.74, 6) is -3.85. The smallest absolute Gasteiger partial charge is 0.351 e. The second kappa shape index (κ2) is 2.88. The number of carbonyl (C=O) groups is 3. The van der Waals surface area contributed by atoms with E-state index >= 15 is 0 Å². The molecule has 0 amide bonds. The van der Waals surface area contributed by atoms with Crippen LogP contribution in [0.4, 0.5) is 0 Å². The van der Waals surface area contributed by atoms with Crippen molar-refractivity contribution in [3.05, 3.63) is 0 Å². The minimum absolute atomic E-state index is 0.831. The van der Waals surface area contributed by atoms with Crippen LogP contribution in [0.2, 0.25) is 0 Å². The van der Waals surface area contributed by atoms with Crippen molar-refractivity contribution in [1.29, 1.82) is 0 Å². The van der Waals surface area contributed by atoms with Crippen LogP contribution in [-0.4, -0.2) is 39.1 Å². The monoisotopic (exact) mass is 208 g/mol. The van der Waals surface area contributed by atoms with Crippen LogP contribution in [-0.2, 0) is 19.1 Å². The van der Waals surface area contributed by atoms with Crippen LogP contribution in [0.25, 0.3) is 0 Å². The van der Waals surface area contributed by atoms with Gasteiger partial charge in [-0.25, -0.2) is 4.79 Å². The molecule has 1 rings (SSSR count). The van der Waals surface area contributed by atoms with Gasteiger partial charge in [-0.1, -0.05) is 0 Å². The number of cyclic esters (lactones) is 1. The van der Waals surface area contributed by atoms with Crippen LogP contribution in [0, 0.1) is 0 Å². The number of esters is 1. The van der Waals surface area contributed by atoms with Crippen molar-refractivity contribution >= 4 is 29.5 Å². The van der Waals surface area contributed by atoms with Crippen molar-refractivity contribution in [3.8, 4) is 0 Å². The Labute approximate surface area is 77.0 Å². The van der Waals surface area contributed by atoms with Gasteiger partial charge in [0.1, 0.15) is 0 Å². The summed E-state index contributed by atoms with van der Waals surface area (Å²) in [5.41, 5.74) is -2.09. The maximum atomic E-state index is 10.6. The summed E-state index contributed by atoms with van der Waals surface area (Å²) in [6, 6.07) is 0. The van der Waals surface area contributed by atoms with Crippen molar-refractivity contribution < 1.29 is 29.3 Å². The van der Waals surface area contributed by atoms with E-state index in [9.17, 15) is 14.4 Å². The van der Waals surface area contributed by atoms with Crippen molar-refractivity contribution in [2.24, 2.45) is 0 Å². The van der Waals surface area contributed by atoms with Gasteiger partial charge in [0.15, 0.2) is 5.38 Å². The molecule has 0 aliphatic carbocycles. The Morgan fingerprint density at radius 3 is 2.31 bits per heavy atom. The Kier molecular flexibility index (Phi) is 2.17. The highest BCUT2D eigenvalue weighted by Crippen LogP contribution is 2.36. The van der Waals surface area contributed by atoms with Crippen molar-refractivity contribution in [2.45, 2.75) is 17.4 Å². The third-order valence-electron chi connectivity index (χ3n) is 1.67. The Balaban J connectivity index is 2.85. The number of carboxylic acids is 2. The fraction of sp³-hybridized carbons (Fsp3) is 0.500. The molecule has 1 saturated heterocycles. The SMILES string of the molecule is O=C(O)CC1(C(=O)O)OC(=O)C1Cl. The largest absolute Gasteiger partial charge is 0.481 e. The third-order valence-corrected chi connectivity index (χ3v) is 2.21. The zero-order chi connectivity index (χ0) is 10.2. The second-order valence-corrected chi connectivity index (χ2v) is 2.99. The van der Waals surface area contributed by atoms with Gasteiger partial charge in [-0.15, -0.1) is 11.6 Å². The minimum Gasteiger partial charge on any atom is -0.481 e. The number of rotatable bonds is 3. The summed E-state index contributed by atoms with van der Waals surface area (Å²) in [5, 5.41) is 15.5. The van der Waals surface area contributed by atoms with Gasteiger partial charge in [-0.05, 0) is 0 Å². The first-order valence-corrected chi connectivity index (χ1v) is 3.66. The van der Waals surface area contributed by atoms with E-state index < -0.39 is 35.3 Å². The van der Waals surface area contributed by atoms with E-state index in [1.54, 1.807) is 0 Å². The van der Waals surface area contributed by atoms with Gasteiger partial charge in [0.2, 0.25) is 5.60 Å². The van der Waals surface area contributed by atoms with Crippen LogP contribution in [0.5, 0.6) is 0 Å². The summed E-state index contributed by atoms with van der Waals surface area (Å²) in [6.45, 7) is 0. The van der Waals surface area contributed by atoms with Crippen LogP contribution in [0.1, 0.15) is 6.42 Å². The van der Waals surface area contributed by atoms with E-state index in [1.807, 2.05) is 0 Å². The molecule has 1 heterocycles. The van der Waals surface area contributed by atoms with Gasteiger partial charge in [-0.3, -0.25) is 9.59 Å². The molecule has 0 aromatic rings. The van der Waals surface area contributed by atoms with Crippen molar-refractivity contribution in [2.75, 3.05) is 0 Å². The molecule has 2 atom stereocenters. The lowest BCUT2D eigenvalue weighted by Crippen LogP contribution is -2.64. The number of carboxylic acid groups (broad SMARTS) is 2. The number of alkyl halides is 1. The molecular weight excluding hydrogens is 204 g/mol. The topological polar surface area (TPSA) is 101 Å². The summed E-state index contributed by atoms with van der Waals surface area (Å²) in [6.07, 6.45) is -0.831. The maximum Gasteiger partial charge on any atom is 0.351 e. The van der Waals surface area contributed by atoms with Gasteiger partial charge >= 0.3 is 17.9 Å². The van der Waals surface area contributed by atoms with Gasteiger partial charge in [0.05, 0.1) is 6.42 Å². The lowest BCUT2D eigenvalue weighted by Gasteiger charge is -2.39. The molecule has 0 saturated carbocycles. The fourth-order valence-electron chi connectivity index (χ4n) is 0.993. The molecule has 13 heavy (non-hydrogen) atoms. The molecule has 0 bridgehead atoms. The predicted octanol–water partition coefficient (Wildman–Crippen LogP) is -0.551. The molecule has 1 aliphatic rings. The molecule has 2 N–H and O–H groups in total. The van der Waals surface area contributed by atoms with Crippen LogP contribution >= 0.6 is 11.6 Å². The molecular formula is C6H5ClO6. The highest BCUT2D eigenvalue weighted by molar-refractivity contribution is 6.35. The van der Waals surface area contributed by atoms with E-state index in [-0.39, 0.29) is 0 Å². The first-order valence-electron chi connectivity index (χ1n) is 3.22. The number of aliphatic carboxylic acids is 2. The Morgan fingerprint density at radius 2 is 2.08 bits per heavy atom. The average molecular weight is 209 g/mol. The fourth-order valence-corrected chi connectivity index (χ4v) is 1.25. The molecule has 0 aromatic heterocycles. The van der Waals surface area contributed by atoms with E-state index in [1.165, 1.54) is 0 Å². The standard InChI is InChI=1S/C6H5ClO6/c7-3-4(10)13-6(3,5(11)12)1-2(8)9/h3H,1H2,(H,8,9)(H,11,12).